The Balaban J connectivity index is 1.95. The Morgan fingerprint density at radius 3 is 2.88 bits per heavy atom. The fourth-order valence-corrected chi connectivity index (χ4v) is 3.09. The van der Waals surface area contributed by atoms with Gasteiger partial charge >= 0.3 is 5.97 Å². The predicted octanol–water partition coefficient (Wildman–Crippen LogP) is 3.42. The third-order valence-electron chi connectivity index (χ3n) is 3.77. The van der Waals surface area contributed by atoms with Gasteiger partial charge in [-0.15, -0.1) is 0 Å². The predicted molar refractivity (Wildman–Crippen MR) is 95.4 cm³/mol. The molecule has 7 heteroatoms. The molecule has 0 aliphatic carbocycles. The number of carbonyl (C=O) groups excluding carboxylic acids is 1. The topological polar surface area (TPSA) is 63.5 Å². The highest BCUT2D eigenvalue weighted by Gasteiger charge is 2.39. The third-order valence-corrected chi connectivity index (χ3v) is 4.22. The lowest BCUT2D eigenvalue weighted by Crippen LogP contribution is -2.50. The van der Waals surface area contributed by atoms with Crippen molar-refractivity contribution in [1.29, 1.82) is 0 Å². The van der Waals surface area contributed by atoms with Crippen molar-refractivity contribution in [2.75, 3.05) is 7.11 Å². The summed E-state index contributed by atoms with van der Waals surface area (Å²) in [5.74, 6) is 0.131. The second-order valence-corrected chi connectivity index (χ2v) is 6.16. The van der Waals surface area contributed by atoms with Crippen LogP contribution in [-0.2, 0) is 9.53 Å². The average Bonchev–Trinajstić information content (AvgIpc) is 3.03. The summed E-state index contributed by atoms with van der Waals surface area (Å²) in [6, 6.07) is 10.5. The molecule has 1 saturated heterocycles. The molecule has 0 radical (unpaired) electrons. The highest BCUT2D eigenvalue weighted by Crippen LogP contribution is 2.34. The fourth-order valence-electron chi connectivity index (χ4n) is 2.64. The van der Waals surface area contributed by atoms with Crippen LogP contribution in [0.25, 0.3) is 11.3 Å². The van der Waals surface area contributed by atoms with Crippen LogP contribution in [0.1, 0.15) is 11.8 Å². The number of nitrogens with one attached hydrogen (secondary N) is 2. The maximum Gasteiger partial charge on any atom is 0.317 e. The Morgan fingerprint density at radius 1 is 1.38 bits per heavy atom. The second kappa shape index (κ2) is 6.67. The Hall–Kier alpha value is -2.31. The molecule has 124 valence electrons. The molecule has 24 heavy (non-hydrogen) atoms. The summed E-state index contributed by atoms with van der Waals surface area (Å²) < 4.78 is 10.8. The minimum Gasteiger partial charge on any atom is -0.468 e. The van der Waals surface area contributed by atoms with Crippen LogP contribution in [-0.4, -0.2) is 18.2 Å². The second-order valence-electron chi connectivity index (χ2n) is 5.31. The molecule has 1 aromatic carbocycles. The van der Waals surface area contributed by atoms with Crippen molar-refractivity contribution in [3.8, 4) is 11.3 Å². The number of ether oxygens (including phenoxy) is 1. The van der Waals surface area contributed by atoms with E-state index >= 15 is 0 Å². The molecule has 0 spiro atoms. The first-order valence-electron chi connectivity index (χ1n) is 7.19. The molecule has 2 heterocycles. The molecule has 0 amide bonds. The summed E-state index contributed by atoms with van der Waals surface area (Å²) in [7, 11) is 1.33. The zero-order valence-electron chi connectivity index (χ0n) is 12.8. The maximum absolute atomic E-state index is 12.1. The monoisotopic (exact) mass is 362 g/mol. The Morgan fingerprint density at radius 2 is 2.17 bits per heavy atom. The van der Waals surface area contributed by atoms with E-state index in [1.807, 2.05) is 18.2 Å². The van der Waals surface area contributed by atoms with Crippen LogP contribution in [0, 0.1) is 5.92 Å². The third kappa shape index (κ3) is 3.16. The molecule has 5 nitrogen and oxygen atoms in total. The smallest absolute Gasteiger partial charge is 0.317 e. The number of thiocarbonyl (C=S) groups is 1. The minimum absolute atomic E-state index is 0.380. The molecular formula is C17H15ClN2O3S. The van der Waals surface area contributed by atoms with Gasteiger partial charge in [-0.1, -0.05) is 30.3 Å². The van der Waals surface area contributed by atoms with Crippen LogP contribution in [0.2, 0.25) is 5.02 Å². The SMILES string of the molecule is C=C1NC(=S)N[C@H](c2ccc(-c3cccc(Cl)c3)o2)[C@@H]1C(=O)OC. The number of rotatable bonds is 3. The van der Waals surface area contributed by atoms with Gasteiger partial charge < -0.3 is 19.8 Å². The van der Waals surface area contributed by atoms with Gasteiger partial charge in [-0.3, -0.25) is 4.79 Å². The highest BCUT2D eigenvalue weighted by atomic mass is 35.5. The van der Waals surface area contributed by atoms with Crippen LogP contribution in [0.15, 0.2) is 53.1 Å². The number of methoxy groups -OCH3 is 1. The van der Waals surface area contributed by atoms with Crippen molar-refractivity contribution in [2.24, 2.45) is 5.92 Å². The highest BCUT2D eigenvalue weighted by molar-refractivity contribution is 7.80. The molecule has 3 rings (SSSR count). The lowest BCUT2D eigenvalue weighted by Gasteiger charge is -2.33. The van der Waals surface area contributed by atoms with Crippen LogP contribution < -0.4 is 10.6 Å². The van der Waals surface area contributed by atoms with Gasteiger partial charge in [0.25, 0.3) is 0 Å². The molecule has 2 N–H and O–H groups in total. The van der Waals surface area contributed by atoms with Crippen LogP contribution in [0.4, 0.5) is 0 Å². The summed E-state index contributed by atoms with van der Waals surface area (Å²) in [4.78, 5) is 12.1. The Labute approximate surface area is 149 Å². The van der Waals surface area contributed by atoms with E-state index in [9.17, 15) is 4.79 Å². The lowest BCUT2D eigenvalue weighted by atomic mass is 9.93. The fraction of sp³-hybridized carbons (Fsp3) is 0.176. The van der Waals surface area contributed by atoms with E-state index in [4.69, 9.17) is 33.0 Å². The van der Waals surface area contributed by atoms with Crippen molar-refractivity contribution in [3.05, 3.63) is 59.5 Å². The van der Waals surface area contributed by atoms with Gasteiger partial charge in [0.05, 0.1) is 7.11 Å². The van der Waals surface area contributed by atoms with Gasteiger partial charge in [0.1, 0.15) is 23.5 Å². The van der Waals surface area contributed by atoms with E-state index < -0.39 is 17.9 Å². The normalized spacial score (nSPS) is 20.2. The molecule has 0 bridgehead atoms. The molecule has 1 aliphatic rings. The van der Waals surface area contributed by atoms with Crippen molar-refractivity contribution in [2.45, 2.75) is 6.04 Å². The Kier molecular flexibility index (Phi) is 4.59. The first-order chi connectivity index (χ1) is 11.5. The van der Waals surface area contributed by atoms with E-state index in [1.165, 1.54) is 7.11 Å². The van der Waals surface area contributed by atoms with Crippen molar-refractivity contribution < 1.29 is 13.9 Å². The summed E-state index contributed by atoms with van der Waals surface area (Å²) in [6.45, 7) is 3.87. The molecule has 1 fully saturated rings. The first kappa shape index (κ1) is 16.5. The first-order valence-corrected chi connectivity index (χ1v) is 7.98. The number of halogens is 1. The quantitative estimate of drug-likeness (QED) is 0.644. The van der Waals surface area contributed by atoms with E-state index in [2.05, 4.69) is 17.2 Å². The molecule has 0 saturated carbocycles. The van der Waals surface area contributed by atoms with Crippen molar-refractivity contribution >= 4 is 34.9 Å². The van der Waals surface area contributed by atoms with Gasteiger partial charge in [0.2, 0.25) is 0 Å². The number of carbonyl (C=O) groups is 1. The lowest BCUT2D eigenvalue weighted by molar-refractivity contribution is -0.145. The number of benzene rings is 1. The number of hydrogen-bond donors (Lipinski definition) is 2. The van der Waals surface area contributed by atoms with Gasteiger partial charge in [-0.25, -0.2) is 0 Å². The number of furan rings is 1. The summed E-state index contributed by atoms with van der Waals surface area (Å²) >= 11 is 11.2. The van der Waals surface area contributed by atoms with Crippen molar-refractivity contribution in [3.63, 3.8) is 0 Å². The molecule has 1 aromatic heterocycles. The Bertz CT molecular complexity index is 818. The largest absolute Gasteiger partial charge is 0.468 e. The molecule has 1 aliphatic heterocycles. The van der Waals surface area contributed by atoms with Gasteiger partial charge in [0.15, 0.2) is 5.11 Å². The summed E-state index contributed by atoms with van der Waals surface area (Å²) in [5, 5.41) is 6.90. The minimum atomic E-state index is -0.653. The molecule has 2 aromatic rings. The van der Waals surface area contributed by atoms with Gasteiger partial charge in [0, 0.05) is 16.3 Å². The van der Waals surface area contributed by atoms with Crippen molar-refractivity contribution in [1.82, 2.24) is 10.6 Å². The number of esters is 1. The molecular weight excluding hydrogens is 348 g/mol. The molecule has 2 atom stereocenters. The van der Waals surface area contributed by atoms with E-state index in [1.54, 1.807) is 18.2 Å². The van der Waals surface area contributed by atoms with Gasteiger partial charge in [-0.05, 0) is 36.5 Å². The van der Waals surface area contributed by atoms with E-state index in [0.29, 0.717) is 27.4 Å². The summed E-state index contributed by atoms with van der Waals surface area (Å²) in [6.07, 6.45) is 0. The number of hydrogen-bond acceptors (Lipinski definition) is 4. The van der Waals surface area contributed by atoms with Crippen LogP contribution >= 0.6 is 23.8 Å². The molecule has 0 unspecified atom stereocenters. The summed E-state index contributed by atoms with van der Waals surface area (Å²) in [5.41, 5.74) is 1.31. The van der Waals surface area contributed by atoms with Crippen LogP contribution in [0.3, 0.4) is 0 Å². The average molecular weight is 363 g/mol. The van der Waals surface area contributed by atoms with E-state index in [-0.39, 0.29) is 0 Å². The van der Waals surface area contributed by atoms with Gasteiger partial charge in [-0.2, -0.15) is 0 Å². The standard InChI is InChI=1S/C17H15ClN2O3S/c1-9-14(16(21)22-2)15(20-17(24)19-9)13-7-6-12(23-13)10-4-3-5-11(18)8-10/h3-8,14-15H,1H2,2H3,(H2,19,20,24)/t14-,15-/m1/s1. The maximum atomic E-state index is 12.1. The van der Waals surface area contributed by atoms with E-state index in [0.717, 1.165) is 5.56 Å². The van der Waals surface area contributed by atoms with Crippen LogP contribution in [0.5, 0.6) is 0 Å². The zero-order chi connectivity index (χ0) is 17.3. The zero-order valence-corrected chi connectivity index (χ0v) is 14.4.